The van der Waals surface area contributed by atoms with Crippen LogP contribution in [-0.4, -0.2) is 43.9 Å². The first-order chi connectivity index (χ1) is 9.17. The summed E-state index contributed by atoms with van der Waals surface area (Å²) < 4.78 is 5.24. The Morgan fingerprint density at radius 3 is 2.74 bits per heavy atom. The number of aliphatic hydroxyl groups excluding tert-OH is 1. The van der Waals surface area contributed by atoms with E-state index in [4.69, 9.17) is 4.74 Å². The molecule has 1 saturated carbocycles. The molecule has 0 spiro atoms. The molecule has 106 valence electrons. The summed E-state index contributed by atoms with van der Waals surface area (Å²) in [5.41, 5.74) is 1.49. The van der Waals surface area contributed by atoms with Crippen molar-refractivity contribution in [1.82, 2.24) is 4.90 Å². The highest BCUT2D eigenvalue weighted by Gasteiger charge is 2.36. The minimum absolute atomic E-state index is 0.184. The quantitative estimate of drug-likeness (QED) is 0.819. The fourth-order valence-corrected chi connectivity index (χ4v) is 2.84. The number of aliphatic hydroxyl groups is 1. The van der Waals surface area contributed by atoms with E-state index in [1.54, 1.807) is 7.11 Å². The third-order valence-corrected chi connectivity index (χ3v) is 4.27. The SMILES string of the molecule is COc1cccc(CCN(C)CC2(CO)CCC2)c1. The van der Waals surface area contributed by atoms with Crippen molar-refractivity contribution in [2.45, 2.75) is 25.7 Å². The van der Waals surface area contributed by atoms with Gasteiger partial charge in [0, 0.05) is 25.1 Å². The van der Waals surface area contributed by atoms with Crippen LogP contribution in [0.5, 0.6) is 5.75 Å². The van der Waals surface area contributed by atoms with Crippen molar-refractivity contribution in [1.29, 1.82) is 0 Å². The molecule has 2 rings (SSSR count). The first-order valence-electron chi connectivity index (χ1n) is 7.10. The highest BCUT2D eigenvalue weighted by atomic mass is 16.5. The van der Waals surface area contributed by atoms with Crippen molar-refractivity contribution in [2.75, 3.05) is 33.9 Å². The number of methoxy groups -OCH3 is 1. The lowest BCUT2D eigenvalue weighted by atomic mass is 9.69. The minimum Gasteiger partial charge on any atom is -0.497 e. The van der Waals surface area contributed by atoms with E-state index in [2.05, 4.69) is 24.1 Å². The highest BCUT2D eigenvalue weighted by molar-refractivity contribution is 5.28. The average Bonchev–Trinajstić information content (AvgIpc) is 2.41. The smallest absolute Gasteiger partial charge is 0.119 e. The molecule has 1 N–H and O–H groups in total. The van der Waals surface area contributed by atoms with Crippen LogP contribution < -0.4 is 4.74 Å². The lowest BCUT2D eigenvalue weighted by molar-refractivity contribution is 0.0149. The third-order valence-electron chi connectivity index (χ3n) is 4.27. The lowest BCUT2D eigenvalue weighted by Crippen LogP contribution is -2.44. The number of likely N-dealkylation sites (N-methyl/N-ethyl adjacent to an activating group) is 1. The van der Waals surface area contributed by atoms with Crippen LogP contribution in [0.3, 0.4) is 0 Å². The van der Waals surface area contributed by atoms with E-state index in [-0.39, 0.29) is 5.41 Å². The van der Waals surface area contributed by atoms with E-state index in [1.807, 2.05) is 12.1 Å². The van der Waals surface area contributed by atoms with E-state index >= 15 is 0 Å². The number of benzene rings is 1. The normalized spacial score (nSPS) is 17.3. The van der Waals surface area contributed by atoms with Gasteiger partial charge in [-0.25, -0.2) is 0 Å². The Hall–Kier alpha value is -1.06. The largest absolute Gasteiger partial charge is 0.497 e. The van der Waals surface area contributed by atoms with Crippen LogP contribution in [0.1, 0.15) is 24.8 Å². The minimum atomic E-state index is 0.184. The molecule has 0 saturated heterocycles. The van der Waals surface area contributed by atoms with Crippen LogP contribution in [-0.2, 0) is 6.42 Å². The van der Waals surface area contributed by atoms with Crippen LogP contribution >= 0.6 is 0 Å². The Labute approximate surface area is 116 Å². The van der Waals surface area contributed by atoms with E-state index in [9.17, 15) is 5.11 Å². The van der Waals surface area contributed by atoms with Crippen LogP contribution in [0.15, 0.2) is 24.3 Å². The Bertz CT molecular complexity index is 396. The summed E-state index contributed by atoms with van der Waals surface area (Å²) in [4.78, 5) is 2.34. The van der Waals surface area contributed by atoms with Gasteiger partial charge in [-0.15, -0.1) is 0 Å². The molecule has 0 radical (unpaired) electrons. The summed E-state index contributed by atoms with van der Waals surface area (Å²) in [5, 5.41) is 9.50. The van der Waals surface area contributed by atoms with Gasteiger partial charge in [-0.2, -0.15) is 0 Å². The Balaban J connectivity index is 1.81. The highest BCUT2D eigenvalue weighted by Crippen LogP contribution is 2.40. The summed E-state index contributed by atoms with van der Waals surface area (Å²) in [7, 11) is 3.85. The molecule has 1 aliphatic rings. The second-order valence-corrected chi connectivity index (χ2v) is 5.85. The topological polar surface area (TPSA) is 32.7 Å². The molecule has 1 aliphatic carbocycles. The van der Waals surface area contributed by atoms with Gasteiger partial charge in [0.15, 0.2) is 0 Å². The molecule has 0 aliphatic heterocycles. The van der Waals surface area contributed by atoms with Crippen LogP contribution in [0, 0.1) is 5.41 Å². The van der Waals surface area contributed by atoms with Gasteiger partial charge >= 0.3 is 0 Å². The van der Waals surface area contributed by atoms with Crippen LogP contribution in [0.4, 0.5) is 0 Å². The second kappa shape index (κ2) is 6.40. The maximum atomic E-state index is 9.50. The zero-order valence-electron chi connectivity index (χ0n) is 12.1. The van der Waals surface area contributed by atoms with Gasteiger partial charge in [-0.3, -0.25) is 0 Å². The molecule has 1 aromatic rings. The summed E-state index contributed by atoms with van der Waals surface area (Å²) >= 11 is 0. The van der Waals surface area contributed by atoms with Crippen molar-refractivity contribution >= 4 is 0 Å². The van der Waals surface area contributed by atoms with Crippen LogP contribution in [0.2, 0.25) is 0 Å². The molecular weight excluding hydrogens is 238 g/mol. The van der Waals surface area contributed by atoms with E-state index < -0.39 is 0 Å². The molecule has 0 unspecified atom stereocenters. The van der Waals surface area contributed by atoms with Crippen molar-refractivity contribution in [3.8, 4) is 5.75 Å². The van der Waals surface area contributed by atoms with Gasteiger partial charge in [0.05, 0.1) is 7.11 Å². The molecule has 19 heavy (non-hydrogen) atoms. The van der Waals surface area contributed by atoms with Gasteiger partial charge in [0.2, 0.25) is 0 Å². The van der Waals surface area contributed by atoms with Gasteiger partial charge < -0.3 is 14.7 Å². The molecule has 1 fully saturated rings. The molecule has 1 aromatic carbocycles. The van der Waals surface area contributed by atoms with Crippen molar-refractivity contribution in [3.63, 3.8) is 0 Å². The Kier molecular flexibility index (Phi) is 4.83. The molecule has 0 bridgehead atoms. The average molecular weight is 263 g/mol. The molecule has 3 heteroatoms. The zero-order chi connectivity index (χ0) is 13.7. The summed E-state index contributed by atoms with van der Waals surface area (Å²) in [6.07, 6.45) is 4.64. The summed E-state index contributed by atoms with van der Waals surface area (Å²) in [6.45, 7) is 2.36. The van der Waals surface area contributed by atoms with E-state index in [1.165, 1.54) is 24.8 Å². The van der Waals surface area contributed by atoms with Crippen LogP contribution in [0.25, 0.3) is 0 Å². The molecule has 0 amide bonds. The summed E-state index contributed by atoms with van der Waals surface area (Å²) in [6, 6.07) is 8.25. The predicted molar refractivity (Wildman–Crippen MR) is 77.6 cm³/mol. The predicted octanol–water partition coefficient (Wildman–Crippen LogP) is 2.33. The molecule has 0 heterocycles. The zero-order valence-corrected chi connectivity index (χ0v) is 12.1. The molecule has 0 aromatic heterocycles. The molecule has 0 atom stereocenters. The molecular formula is C16H25NO2. The van der Waals surface area contributed by atoms with Gasteiger partial charge in [0.1, 0.15) is 5.75 Å². The Morgan fingerprint density at radius 2 is 2.16 bits per heavy atom. The van der Waals surface area contributed by atoms with Crippen molar-refractivity contribution in [3.05, 3.63) is 29.8 Å². The standard InChI is InChI=1S/C16H25NO2/c1-17(12-16(13-18)8-4-9-16)10-7-14-5-3-6-15(11-14)19-2/h3,5-6,11,18H,4,7-10,12-13H2,1-2H3. The van der Waals surface area contributed by atoms with E-state index in [0.717, 1.165) is 25.3 Å². The second-order valence-electron chi connectivity index (χ2n) is 5.85. The first-order valence-corrected chi connectivity index (χ1v) is 7.10. The number of nitrogens with zero attached hydrogens (tertiary/aromatic N) is 1. The molecule has 3 nitrogen and oxygen atoms in total. The number of ether oxygens (including phenoxy) is 1. The van der Waals surface area contributed by atoms with Gasteiger partial charge in [0.25, 0.3) is 0 Å². The maximum absolute atomic E-state index is 9.50. The summed E-state index contributed by atoms with van der Waals surface area (Å²) in [5.74, 6) is 0.922. The van der Waals surface area contributed by atoms with Gasteiger partial charge in [-0.05, 0) is 44.0 Å². The monoisotopic (exact) mass is 263 g/mol. The Morgan fingerprint density at radius 1 is 1.37 bits per heavy atom. The van der Waals surface area contributed by atoms with Gasteiger partial charge in [-0.1, -0.05) is 18.6 Å². The number of hydrogen-bond donors (Lipinski definition) is 1. The fraction of sp³-hybridized carbons (Fsp3) is 0.625. The van der Waals surface area contributed by atoms with E-state index in [0.29, 0.717) is 6.61 Å². The first kappa shape index (κ1) is 14.4. The maximum Gasteiger partial charge on any atom is 0.119 e. The van der Waals surface area contributed by atoms with Crippen molar-refractivity contribution in [2.24, 2.45) is 5.41 Å². The lowest BCUT2D eigenvalue weighted by Gasteiger charge is -2.43. The fourth-order valence-electron chi connectivity index (χ4n) is 2.84. The van der Waals surface area contributed by atoms with Crippen molar-refractivity contribution < 1.29 is 9.84 Å². The third kappa shape index (κ3) is 3.71. The number of hydrogen-bond acceptors (Lipinski definition) is 3. The number of rotatable bonds is 7.